The van der Waals surface area contributed by atoms with Crippen molar-refractivity contribution in [2.45, 2.75) is 118 Å². The van der Waals surface area contributed by atoms with Crippen molar-refractivity contribution in [2.24, 2.45) is 5.41 Å². The SMILES string of the molecule is CCCCCCOc1nc(OCCCCCC)nc(-c2ccc(-c3[c-]cc4c(c3)C(C)(C)C(C)(C)C4(C)C)nc2)n1.[Ir]. The normalized spacial score (nSPS) is 16.0. The van der Waals surface area contributed by atoms with Crippen molar-refractivity contribution in [2.75, 3.05) is 13.2 Å². The Kier molecular flexibility index (Phi) is 11.7. The first-order chi connectivity index (χ1) is 19.5. The molecule has 0 bridgehead atoms. The molecule has 0 fully saturated rings. The summed E-state index contributed by atoms with van der Waals surface area (Å²) in [6.07, 6.45) is 10.8. The van der Waals surface area contributed by atoms with E-state index in [1.807, 2.05) is 18.3 Å². The van der Waals surface area contributed by atoms with Crippen molar-refractivity contribution >= 4 is 0 Å². The van der Waals surface area contributed by atoms with E-state index in [9.17, 15) is 0 Å². The van der Waals surface area contributed by atoms with Gasteiger partial charge in [-0.15, -0.1) is 39.9 Å². The van der Waals surface area contributed by atoms with Crippen molar-refractivity contribution in [1.29, 1.82) is 0 Å². The molecule has 2 aromatic heterocycles. The Labute approximate surface area is 267 Å². The first kappa shape index (κ1) is 34.1. The Morgan fingerprint density at radius 3 is 1.81 bits per heavy atom. The summed E-state index contributed by atoms with van der Waals surface area (Å²) in [6.45, 7) is 19.7. The Balaban J connectivity index is 0.00000484. The molecule has 0 amide bonds. The predicted octanol–water partition coefficient (Wildman–Crippen LogP) is 8.91. The quantitative estimate of drug-likeness (QED) is 0.121. The number of nitrogens with zero attached hydrogens (tertiary/aromatic N) is 4. The van der Waals surface area contributed by atoms with Crippen molar-refractivity contribution < 1.29 is 29.6 Å². The molecule has 0 atom stereocenters. The number of ether oxygens (including phenoxy) is 2. The summed E-state index contributed by atoms with van der Waals surface area (Å²) < 4.78 is 11.8. The Morgan fingerprint density at radius 1 is 0.714 bits per heavy atom. The van der Waals surface area contributed by atoms with Crippen LogP contribution in [-0.2, 0) is 30.9 Å². The molecule has 1 radical (unpaired) electrons. The number of pyridine rings is 1. The van der Waals surface area contributed by atoms with Crippen molar-refractivity contribution in [3.05, 3.63) is 47.7 Å². The Hall–Kier alpha value is -2.37. The van der Waals surface area contributed by atoms with E-state index in [0.717, 1.165) is 42.5 Å². The Bertz CT molecular complexity index is 1270. The fraction of sp³-hybridized carbons (Fsp3) is 0.600. The van der Waals surface area contributed by atoms with E-state index >= 15 is 0 Å². The maximum absolute atomic E-state index is 5.92. The summed E-state index contributed by atoms with van der Waals surface area (Å²) in [7, 11) is 0. The smallest absolute Gasteiger partial charge is 0.323 e. The van der Waals surface area contributed by atoms with Crippen LogP contribution in [0.25, 0.3) is 22.6 Å². The molecule has 231 valence electrons. The number of rotatable bonds is 14. The number of hydrogen-bond donors (Lipinski definition) is 0. The average Bonchev–Trinajstić information content (AvgIpc) is 3.06. The molecule has 1 aliphatic rings. The van der Waals surface area contributed by atoms with Crippen LogP contribution < -0.4 is 9.47 Å². The van der Waals surface area contributed by atoms with Gasteiger partial charge >= 0.3 is 12.0 Å². The van der Waals surface area contributed by atoms with Gasteiger partial charge in [0.15, 0.2) is 5.82 Å². The van der Waals surface area contributed by atoms with Gasteiger partial charge in [0.1, 0.15) is 0 Å². The van der Waals surface area contributed by atoms with Crippen LogP contribution in [0.5, 0.6) is 12.0 Å². The molecule has 42 heavy (non-hydrogen) atoms. The van der Waals surface area contributed by atoms with Crippen LogP contribution in [0.2, 0.25) is 0 Å². The van der Waals surface area contributed by atoms with Crippen LogP contribution in [-0.4, -0.2) is 33.1 Å². The number of hydrogen-bond acceptors (Lipinski definition) is 6. The van der Waals surface area contributed by atoms with Crippen molar-refractivity contribution in [3.63, 3.8) is 0 Å². The topological polar surface area (TPSA) is 70.0 Å². The largest absolute Gasteiger partial charge is 0.463 e. The zero-order valence-electron chi connectivity index (χ0n) is 26.9. The van der Waals surface area contributed by atoms with Gasteiger partial charge in [-0.05, 0) is 34.8 Å². The van der Waals surface area contributed by atoms with Gasteiger partial charge in [0.2, 0.25) is 0 Å². The number of benzene rings is 1. The summed E-state index contributed by atoms with van der Waals surface area (Å²) in [5.74, 6) is 0.508. The molecule has 3 aromatic rings. The molecule has 0 N–H and O–H groups in total. The third-order valence-electron chi connectivity index (χ3n) is 9.77. The summed E-state index contributed by atoms with van der Waals surface area (Å²) >= 11 is 0. The third kappa shape index (κ3) is 7.05. The van der Waals surface area contributed by atoms with Crippen LogP contribution in [0.15, 0.2) is 30.5 Å². The van der Waals surface area contributed by atoms with Crippen LogP contribution in [0.1, 0.15) is 118 Å². The van der Waals surface area contributed by atoms with Crippen LogP contribution in [0.3, 0.4) is 0 Å². The van der Waals surface area contributed by atoms with Gasteiger partial charge in [0.05, 0.1) is 13.2 Å². The van der Waals surface area contributed by atoms with Crippen molar-refractivity contribution in [1.82, 2.24) is 19.9 Å². The molecule has 1 aromatic carbocycles. The predicted molar refractivity (Wildman–Crippen MR) is 166 cm³/mol. The molecular formula is C35H49IrN4O2-. The van der Waals surface area contributed by atoms with Gasteiger partial charge < -0.3 is 14.5 Å². The van der Waals surface area contributed by atoms with E-state index in [1.165, 1.54) is 36.8 Å². The van der Waals surface area contributed by atoms with E-state index in [1.54, 1.807) is 0 Å². The molecule has 0 saturated carbocycles. The van der Waals surface area contributed by atoms with Gasteiger partial charge in [0, 0.05) is 31.9 Å². The maximum atomic E-state index is 5.92. The minimum absolute atomic E-state index is 0. The van der Waals surface area contributed by atoms with E-state index < -0.39 is 0 Å². The maximum Gasteiger partial charge on any atom is 0.323 e. The molecule has 1 aliphatic carbocycles. The number of unbranched alkanes of at least 4 members (excludes halogenated alkanes) is 6. The minimum atomic E-state index is 0. The summed E-state index contributed by atoms with van der Waals surface area (Å²) in [4.78, 5) is 18.5. The summed E-state index contributed by atoms with van der Waals surface area (Å²) in [6, 6.07) is 12.6. The van der Waals surface area contributed by atoms with E-state index in [2.05, 4.69) is 88.5 Å². The average molecular weight is 750 g/mol. The fourth-order valence-electron chi connectivity index (χ4n) is 5.79. The van der Waals surface area contributed by atoms with Crippen LogP contribution >= 0.6 is 0 Å². The zero-order chi connectivity index (χ0) is 29.7. The first-order valence-electron chi connectivity index (χ1n) is 15.6. The molecule has 7 heteroatoms. The van der Waals surface area contributed by atoms with E-state index in [0.29, 0.717) is 31.1 Å². The number of aromatic nitrogens is 4. The van der Waals surface area contributed by atoms with Crippen LogP contribution in [0.4, 0.5) is 0 Å². The van der Waals surface area contributed by atoms with E-state index in [-0.39, 0.29) is 36.4 Å². The van der Waals surface area contributed by atoms with Gasteiger partial charge in [-0.1, -0.05) is 106 Å². The first-order valence-corrected chi connectivity index (χ1v) is 15.6. The van der Waals surface area contributed by atoms with Crippen molar-refractivity contribution in [3.8, 4) is 34.7 Å². The second-order valence-corrected chi connectivity index (χ2v) is 13.0. The van der Waals surface area contributed by atoms with Gasteiger partial charge in [-0.3, -0.25) is 0 Å². The van der Waals surface area contributed by atoms with E-state index in [4.69, 9.17) is 14.5 Å². The molecular weight excluding hydrogens is 701 g/mol. The summed E-state index contributed by atoms with van der Waals surface area (Å²) in [5.41, 5.74) is 5.63. The summed E-state index contributed by atoms with van der Waals surface area (Å²) in [5, 5.41) is 0. The van der Waals surface area contributed by atoms with Gasteiger partial charge in [0.25, 0.3) is 0 Å². The molecule has 6 nitrogen and oxygen atoms in total. The third-order valence-corrected chi connectivity index (χ3v) is 9.77. The van der Waals surface area contributed by atoms with Gasteiger partial charge in [-0.2, -0.15) is 9.97 Å². The molecule has 0 unspecified atom stereocenters. The fourth-order valence-corrected chi connectivity index (χ4v) is 5.79. The minimum Gasteiger partial charge on any atom is -0.463 e. The standard InChI is InChI=1S/C35H49N4O2.Ir/c1-9-11-13-15-21-40-31-37-30(38-32(39-31)41-22-16-14-12-10-2)26-18-20-29(36-24-26)25-17-19-27-28(23-25)34(5,6)35(7,8)33(27,3)4;/h18-20,23-24H,9-16,21-22H2,1-8H3;/q-1;. The molecule has 4 rings (SSSR count). The number of fused-ring (bicyclic) bond motifs is 1. The molecule has 0 aliphatic heterocycles. The second kappa shape index (κ2) is 14.4. The van der Waals surface area contributed by atoms with Crippen LogP contribution in [0, 0.1) is 11.5 Å². The molecule has 0 spiro atoms. The second-order valence-electron chi connectivity index (χ2n) is 13.0. The molecule has 0 saturated heterocycles. The molecule has 2 heterocycles. The monoisotopic (exact) mass is 750 g/mol. The zero-order valence-corrected chi connectivity index (χ0v) is 29.3. The van der Waals surface area contributed by atoms with Gasteiger partial charge in [-0.25, -0.2) is 0 Å². The Morgan fingerprint density at radius 2 is 1.29 bits per heavy atom.